The van der Waals surface area contributed by atoms with E-state index in [2.05, 4.69) is 10.1 Å². The molecule has 7 heteroatoms. The molecule has 92 valence electrons. The van der Waals surface area contributed by atoms with Gasteiger partial charge in [0.2, 0.25) is 0 Å². The van der Waals surface area contributed by atoms with Crippen LogP contribution in [0, 0.1) is 0 Å². The zero-order valence-electron chi connectivity index (χ0n) is 8.34. The Morgan fingerprint density at radius 2 is 2.12 bits per heavy atom. The molecule has 0 saturated carbocycles. The number of hydrogen-bond donors (Lipinski definition) is 1. The molecule has 1 aliphatic heterocycles. The van der Waals surface area contributed by atoms with Gasteiger partial charge in [-0.15, -0.1) is 0 Å². The third-order valence-corrected chi connectivity index (χ3v) is 2.72. The molecule has 1 fully saturated rings. The minimum Gasteiger partial charge on any atom is -0.447 e. The number of benzene rings is 1. The summed E-state index contributed by atoms with van der Waals surface area (Å²) in [5.74, 6) is 0. The third kappa shape index (κ3) is 2.46. The van der Waals surface area contributed by atoms with Gasteiger partial charge in [-0.25, -0.2) is 4.79 Å². The van der Waals surface area contributed by atoms with E-state index in [1.807, 2.05) is 0 Å². The summed E-state index contributed by atoms with van der Waals surface area (Å²) in [5, 5.41) is 2.54. The summed E-state index contributed by atoms with van der Waals surface area (Å²) in [5.41, 5.74) is -0.606. The molecule has 1 atom stereocenters. The Labute approximate surface area is 99.5 Å². The van der Waals surface area contributed by atoms with Gasteiger partial charge in [-0.05, 0) is 23.8 Å². The van der Waals surface area contributed by atoms with Crippen LogP contribution in [0.3, 0.4) is 0 Å². The van der Waals surface area contributed by atoms with Gasteiger partial charge in [-0.1, -0.05) is 11.6 Å². The van der Waals surface area contributed by atoms with Gasteiger partial charge >= 0.3 is 12.3 Å². The first-order chi connectivity index (χ1) is 7.88. The fraction of sp³-hybridized carbons (Fsp3) is 0.300. The van der Waals surface area contributed by atoms with Crippen molar-refractivity contribution in [1.82, 2.24) is 5.32 Å². The van der Waals surface area contributed by atoms with Gasteiger partial charge < -0.3 is 10.1 Å². The molecule has 0 aromatic heterocycles. The predicted molar refractivity (Wildman–Crippen MR) is 53.7 cm³/mol. The monoisotopic (exact) mass is 265 g/mol. The SMILES string of the molecule is O=C1N[C@@H](c2cc(C(F)(F)F)ccc2Cl)CO1. The van der Waals surface area contributed by atoms with E-state index in [1.54, 1.807) is 0 Å². The molecule has 0 bridgehead atoms. The van der Waals surface area contributed by atoms with E-state index in [0.29, 0.717) is 0 Å². The number of alkyl carbamates (subject to hydrolysis) is 1. The first-order valence-corrected chi connectivity index (χ1v) is 5.05. The maximum Gasteiger partial charge on any atom is 0.416 e. The van der Waals surface area contributed by atoms with Crippen LogP contribution in [0.15, 0.2) is 18.2 Å². The van der Waals surface area contributed by atoms with Crippen LogP contribution >= 0.6 is 11.6 Å². The lowest BCUT2D eigenvalue weighted by Gasteiger charge is -2.13. The molecule has 1 N–H and O–H groups in total. The number of ether oxygens (including phenoxy) is 1. The van der Waals surface area contributed by atoms with Gasteiger partial charge in [0.05, 0.1) is 11.6 Å². The summed E-state index contributed by atoms with van der Waals surface area (Å²) < 4.78 is 42.1. The standard InChI is InChI=1S/C10H7ClF3NO2/c11-7-2-1-5(10(12,13)14)3-6(7)8-4-17-9(16)15-8/h1-3,8H,4H2,(H,15,16)/t8-/m1/s1. The van der Waals surface area contributed by atoms with Crippen molar-refractivity contribution in [1.29, 1.82) is 0 Å². The van der Waals surface area contributed by atoms with Crippen molar-refractivity contribution >= 4 is 17.7 Å². The van der Waals surface area contributed by atoms with Crippen LogP contribution < -0.4 is 5.32 Å². The van der Waals surface area contributed by atoms with E-state index >= 15 is 0 Å². The number of rotatable bonds is 1. The lowest BCUT2D eigenvalue weighted by molar-refractivity contribution is -0.137. The molecule has 17 heavy (non-hydrogen) atoms. The van der Waals surface area contributed by atoms with Crippen molar-refractivity contribution in [3.05, 3.63) is 34.3 Å². The molecule has 2 rings (SSSR count). The molecule has 0 unspecified atom stereocenters. The average molecular weight is 266 g/mol. The summed E-state index contributed by atoms with van der Waals surface area (Å²) in [6.07, 6.45) is -5.11. The number of carbonyl (C=O) groups excluding carboxylic acids is 1. The van der Waals surface area contributed by atoms with Gasteiger partial charge in [0.15, 0.2) is 0 Å². The summed E-state index contributed by atoms with van der Waals surface area (Å²) in [6, 6.07) is 2.33. The largest absolute Gasteiger partial charge is 0.447 e. The van der Waals surface area contributed by atoms with Gasteiger partial charge in [0.1, 0.15) is 6.61 Å². The second kappa shape index (κ2) is 4.10. The Bertz CT molecular complexity index is 461. The minimum absolute atomic E-state index is 0.0279. The van der Waals surface area contributed by atoms with Crippen molar-refractivity contribution in [3.63, 3.8) is 0 Å². The predicted octanol–water partition coefficient (Wildman–Crippen LogP) is 3.14. The number of cyclic esters (lactones) is 1. The van der Waals surface area contributed by atoms with Gasteiger partial charge in [-0.2, -0.15) is 13.2 Å². The lowest BCUT2D eigenvalue weighted by atomic mass is 10.0. The summed E-state index contributed by atoms with van der Waals surface area (Å²) in [7, 11) is 0. The third-order valence-electron chi connectivity index (χ3n) is 2.37. The Hall–Kier alpha value is -1.43. The topological polar surface area (TPSA) is 38.3 Å². The molecule has 1 aromatic carbocycles. The maximum absolute atomic E-state index is 12.5. The molecular formula is C10H7ClF3NO2. The molecule has 0 radical (unpaired) electrons. The van der Waals surface area contributed by atoms with Crippen molar-refractivity contribution in [2.24, 2.45) is 0 Å². The van der Waals surface area contributed by atoms with Crippen LogP contribution in [0.2, 0.25) is 5.02 Å². The highest BCUT2D eigenvalue weighted by Gasteiger charge is 2.33. The maximum atomic E-state index is 12.5. The number of halogens is 4. The normalized spacial score (nSPS) is 20.0. The fourth-order valence-electron chi connectivity index (χ4n) is 1.54. The molecular weight excluding hydrogens is 259 g/mol. The highest BCUT2D eigenvalue weighted by atomic mass is 35.5. The number of amides is 1. The van der Waals surface area contributed by atoms with Crippen LogP contribution in [-0.4, -0.2) is 12.7 Å². The van der Waals surface area contributed by atoms with E-state index in [-0.39, 0.29) is 17.2 Å². The summed E-state index contributed by atoms with van der Waals surface area (Å²) >= 11 is 5.80. The molecule has 1 heterocycles. The second-order valence-electron chi connectivity index (χ2n) is 3.53. The van der Waals surface area contributed by atoms with Crippen molar-refractivity contribution in [2.45, 2.75) is 12.2 Å². The van der Waals surface area contributed by atoms with Crippen molar-refractivity contribution in [2.75, 3.05) is 6.61 Å². The number of alkyl halides is 3. The molecule has 0 aliphatic carbocycles. The number of carbonyl (C=O) groups is 1. The Morgan fingerprint density at radius 3 is 2.65 bits per heavy atom. The van der Waals surface area contributed by atoms with Crippen molar-refractivity contribution < 1.29 is 22.7 Å². The minimum atomic E-state index is -4.44. The Morgan fingerprint density at radius 1 is 1.41 bits per heavy atom. The van der Waals surface area contributed by atoms with Crippen LogP contribution in [-0.2, 0) is 10.9 Å². The van der Waals surface area contributed by atoms with E-state index in [4.69, 9.17) is 11.6 Å². The second-order valence-corrected chi connectivity index (χ2v) is 3.94. The van der Waals surface area contributed by atoms with Crippen LogP contribution in [0.1, 0.15) is 17.2 Å². The number of hydrogen-bond acceptors (Lipinski definition) is 2. The molecule has 3 nitrogen and oxygen atoms in total. The summed E-state index contributed by atoms with van der Waals surface area (Å²) in [6.45, 7) is -0.0279. The lowest BCUT2D eigenvalue weighted by Crippen LogP contribution is -2.19. The zero-order chi connectivity index (χ0) is 12.6. The first-order valence-electron chi connectivity index (χ1n) is 4.68. The quantitative estimate of drug-likeness (QED) is 0.847. The Balaban J connectivity index is 2.36. The number of nitrogens with one attached hydrogen (secondary N) is 1. The van der Waals surface area contributed by atoms with Gasteiger partial charge in [0.25, 0.3) is 0 Å². The average Bonchev–Trinajstić information content (AvgIpc) is 2.63. The molecule has 0 spiro atoms. The van der Waals surface area contributed by atoms with Gasteiger partial charge in [-0.3, -0.25) is 0 Å². The smallest absolute Gasteiger partial charge is 0.416 e. The van der Waals surface area contributed by atoms with E-state index in [1.165, 1.54) is 0 Å². The van der Waals surface area contributed by atoms with Gasteiger partial charge in [0, 0.05) is 5.02 Å². The first kappa shape index (κ1) is 12.0. The van der Waals surface area contributed by atoms with E-state index in [9.17, 15) is 18.0 Å². The van der Waals surface area contributed by atoms with Crippen molar-refractivity contribution in [3.8, 4) is 0 Å². The van der Waals surface area contributed by atoms with Crippen LogP contribution in [0.5, 0.6) is 0 Å². The molecule has 1 aromatic rings. The molecule has 1 saturated heterocycles. The molecule has 1 amide bonds. The Kier molecular flexibility index (Phi) is 2.91. The van der Waals surface area contributed by atoms with E-state index < -0.39 is 23.9 Å². The zero-order valence-corrected chi connectivity index (χ0v) is 9.10. The molecule has 1 aliphatic rings. The highest BCUT2D eigenvalue weighted by Crippen LogP contribution is 2.34. The highest BCUT2D eigenvalue weighted by molar-refractivity contribution is 6.31. The summed E-state index contributed by atoms with van der Waals surface area (Å²) in [4.78, 5) is 10.8. The fourth-order valence-corrected chi connectivity index (χ4v) is 1.79. The van der Waals surface area contributed by atoms with E-state index in [0.717, 1.165) is 18.2 Å². The van der Waals surface area contributed by atoms with Crippen LogP contribution in [0.4, 0.5) is 18.0 Å². The van der Waals surface area contributed by atoms with Crippen LogP contribution in [0.25, 0.3) is 0 Å².